The summed E-state index contributed by atoms with van der Waals surface area (Å²) in [4.78, 5) is 3.92. The molecule has 0 amide bonds. The molecule has 0 bridgehead atoms. The van der Waals surface area contributed by atoms with E-state index >= 15 is 0 Å². The number of unbranched alkanes of at least 4 members (excludes halogenated alkanes) is 1. The Balaban J connectivity index is 2.52. The van der Waals surface area contributed by atoms with Crippen molar-refractivity contribution >= 4 is 5.96 Å². The number of hydrogen-bond acceptors (Lipinski definition) is 1. The number of guanidine groups is 1. The van der Waals surface area contributed by atoms with Gasteiger partial charge in [-0.1, -0.05) is 12.1 Å². The van der Waals surface area contributed by atoms with E-state index in [1.54, 1.807) is 13.0 Å². The fraction of sp³-hybridized carbons (Fsp3) is 0.562. The van der Waals surface area contributed by atoms with Gasteiger partial charge in [-0.05, 0) is 37.5 Å². The fourth-order valence-electron chi connectivity index (χ4n) is 2.12. The van der Waals surface area contributed by atoms with E-state index in [0.29, 0.717) is 17.9 Å². The minimum Gasteiger partial charge on any atom is -0.356 e. The lowest BCUT2D eigenvalue weighted by atomic mass is 10.1. The Morgan fingerprint density at radius 1 is 1.12 bits per heavy atom. The van der Waals surface area contributed by atoms with E-state index in [-0.39, 0.29) is 13.0 Å². The quantitative estimate of drug-likeness (QED) is 0.331. The summed E-state index contributed by atoms with van der Waals surface area (Å²) in [6.07, 6.45) is -9.14. The fourth-order valence-corrected chi connectivity index (χ4v) is 2.12. The van der Waals surface area contributed by atoms with Crippen LogP contribution in [0, 0.1) is 0 Å². The Bertz CT molecular complexity index is 566. The predicted molar refractivity (Wildman–Crippen MR) is 84.3 cm³/mol. The first-order chi connectivity index (χ1) is 11.5. The molecule has 142 valence electrons. The Kier molecular flexibility index (Phi) is 7.57. The molecule has 2 N–H and O–H groups in total. The summed E-state index contributed by atoms with van der Waals surface area (Å²) < 4.78 is 74.4. The van der Waals surface area contributed by atoms with Gasteiger partial charge in [0.2, 0.25) is 0 Å². The molecule has 0 heterocycles. The van der Waals surface area contributed by atoms with Gasteiger partial charge in [-0.2, -0.15) is 26.3 Å². The first-order valence-electron chi connectivity index (χ1n) is 7.74. The van der Waals surface area contributed by atoms with Crippen LogP contribution in [-0.2, 0) is 6.18 Å². The van der Waals surface area contributed by atoms with Crippen LogP contribution in [0.15, 0.2) is 29.3 Å². The zero-order chi connectivity index (χ0) is 19.1. The second-order valence-corrected chi connectivity index (χ2v) is 5.56. The summed E-state index contributed by atoms with van der Waals surface area (Å²) in [7, 11) is 1.48. The van der Waals surface area contributed by atoms with Gasteiger partial charge in [0.25, 0.3) is 0 Å². The maximum Gasteiger partial charge on any atom is 0.416 e. The molecule has 25 heavy (non-hydrogen) atoms. The van der Waals surface area contributed by atoms with Gasteiger partial charge in [0, 0.05) is 20.0 Å². The van der Waals surface area contributed by atoms with Gasteiger partial charge in [-0.3, -0.25) is 4.99 Å². The van der Waals surface area contributed by atoms with E-state index < -0.39 is 30.4 Å². The molecule has 0 aliphatic carbocycles. The van der Waals surface area contributed by atoms with Gasteiger partial charge in [0.05, 0.1) is 11.6 Å². The molecular formula is C16H21F6N3. The van der Waals surface area contributed by atoms with Crippen LogP contribution < -0.4 is 10.6 Å². The molecule has 1 aromatic rings. The highest BCUT2D eigenvalue weighted by atomic mass is 19.4. The largest absolute Gasteiger partial charge is 0.416 e. The molecule has 3 nitrogen and oxygen atoms in total. The van der Waals surface area contributed by atoms with E-state index in [0.717, 1.165) is 12.1 Å². The smallest absolute Gasteiger partial charge is 0.356 e. The lowest BCUT2D eigenvalue weighted by molar-refractivity contribution is -0.138. The summed E-state index contributed by atoms with van der Waals surface area (Å²) in [5.41, 5.74) is -0.316. The van der Waals surface area contributed by atoms with E-state index in [9.17, 15) is 26.3 Å². The SMILES string of the molecule is CN=C(NCCCCC(F)(F)F)NC(C)c1cccc(C(F)(F)F)c1. The zero-order valence-corrected chi connectivity index (χ0v) is 13.9. The second-order valence-electron chi connectivity index (χ2n) is 5.56. The monoisotopic (exact) mass is 369 g/mol. The van der Waals surface area contributed by atoms with Crippen LogP contribution in [0.1, 0.15) is 43.4 Å². The summed E-state index contributed by atoms with van der Waals surface area (Å²) in [5, 5.41) is 5.77. The third kappa shape index (κ3) is 8.13. The molecule has 0 saturated heterocycles. The highest BCUT2D eigenvalue weighted by Crippen LogP contribution is 2.30. The number of alkyl halides is 6. The summed E-state index contributed by atoms with van der Waals surface area (Å²) in [5.74, 6) is 0.317. The molecule has 0 spiro atoms. The van der Waals surface area contributed by atoms with Crippen molar-refractivity contribution in [1.82, 2.24) is 10.6 Å². The normalized spacial score (nSPS) is 14.3. The van der Waals surface area contributed by atoms with Gasteiger partial charge in [-0.25, -0.2) is 0 Å². The molecule has 0 aromatic heterocycles. The Hall–Kier alpha value is -1.93. The standard InChI is InChI=1S/C16H21F6N3/c1-11(12-6-5-7-13(10-12)16(20,21)22)25-14(23-2)24-9-4-3-8-15(17,18)19/h5-7,10-11H,3-4,8-9H2,1-2H3,(H2,23,24,25). The number of aliphatic imine (C=N–C) groups is 1. The Morgan fingerprint density at radius 3 is 2.36 bits per heavy atom. The number of benzene rings is 1. The number of nitrogens with zero attached hydrogens (tertiary/aromatic N) is 1. The van der Waals surface area contributed by atoms with E-state index in [2.05, 4.69) is 15.6 Å². The van der Waals surface area contributed by atoms with Crippen LogP contribution in [0.4, 0.5) is 26.3 Å². The van der Waals surface area contributed by atoms with Gasteiger partial charge in [-0.15, -0.1) is 0 Å². The molecular weight excluding hydrogens is 348 g/mol. The van der Waals surface area contributed by atoms with Crippen molar-refractivity contribution in [2.75, 3.05) is 13.6 Å². The van der Waals surface area contributed by atoms with Gasteiger partial charge in [0.1, 0.15) is 0 Å². The molecule has 1 unspecified atom stereocenters. The predicted octanol–water partition coefficient (Wildman–Crippen LogP) is 4.66. The third-order valence-corrected chi connectivity index (χ3v) is 3.47. The molecule has 9 heteroatoms. The van der Waals surface area contributed by atoms with E-state index in [4.69, 9.17) is 0 Å². The van der Waals surface area contributed by atoms with Crippen molar-refractivity contribution < 1.29 is 26.3 Å². The molecule has 0 radical (unpaired) electrons. The van der Waals surface area contributed by atoms with Crippen molar-refractivity contribution in [1.29, 1.82) is 0 Å². The van der Waals surface area contributed by atoms with Crippen molar-refractivity contribution in [3.05, 3.63) is 35.4 Å². The lowest BCUT2D eigenvalue weighted by Gasteiger charge is -2.19. The third-order valence-electron chi connectivity index (χ3n) is 3.47. The van der Waals surface area contributed by atoms with Crippen LogP contribution in [0.3, 0.4) is 0 Å². The van der Waals surface area contributed by atoms with Crippen molar-refractivity contribution in [2.24, 2.45) is 4.99 Å². The van der Waals surface area contributed by atoms with Gasteiger partial charge in [0.15, 0.2) is 5.96 Å². The minimum absolute atomic E-state index is 0.00330. The topological polar surface area (TPSA) is 36.4 Å². The molecule has 1 atom stereocenters. The molecule has 1 aromatic carbocycles. The molecule has 0 aliphatic heterocycles. The highest BCUT2D eigenvalue weighted by molar-refractivity contribution is 5.80. The van der Waals surface area contributed by atoms with Crippen molar-refractivity contribution in [3.8, 4) is 0 Å². The highest BCUT2D eigenvalue weighted by Gasteiger charge is 2.30. The summed E-state index contributed by atoms with van der Waals surface area (Å²) in [6.45, 7) is 1.96. The summed E-state index contributed by atoms with van der Waals surface area (Å²) >= 11 is 0. The number of hydrogen-bond donors (Lipinski definition) is 2. The zero-order valence-electron chi connectivity index (χ0n) is 13.9. The first-order valence-corrected chi connectivity index (χ1v) is 7.74. The van der Waals surface area contributed by atoms with Crippen LogP contribution in [-0.4, -0.2) is 25.7 Å². The van der Waals surface area contributed by atoms with E-state index in [1.165, 1.54) is 13.1 Å². The second kappa shape index (κ2) is 8.96. The summed E-state index contributed by atoms with van der Waals surface area (Å²) in [6, 6.07) is 4.47. The van der Waals surface area contributed by atoms with Crippen molar-refractivity contribution in [3.63, 3.8) is 0 Å². The van der Waals surface area contributed by atoms with Crippen molar-refractivity contribution in [2.45, 2.75) is 44.6 Å². The lowest BCUT2D eigenvalue weighted by Crippen LogP contribution is -2.39. The van der Waals surface area contributed by atoms with Crippen LogP contribution >= 0.6 is 0 Å². The molecule has 0 saturated carbocycles. The minimum atomic E-state index is -4.42. The Morgan fingerprint density at radius 2 is 1.80 bits per heavy atom. The molecule has 1 rings (SSSR count). The average molecular weight is 369 g/mol. The number of rotatable bonds is 6. The number of halogens is 6. The maximum atomic E-state index is 12.7. The van der Waals surface area contributed by atoms with Gasteiger partial charge < -0.3 is 10.6 Å². The van der Waals surface area contributed by atoms with Crippen LogP contribution in [0.25, 0.3) is 0 Å². The van der Waals surface area contributed by atoms with Crippen LogP contribution in [0.5, 0.6) is 0 Å². The first kappa shape index (κ1) is 21.1. The average Bonchev–Trinajstić information content (AvgIpc) is 2.51. The van der Waals surface area contributed by atoms with Crippen LogP contribution in [0.2, 0.25) is 0 Å². The Labute approximate surface area is 142 Å². The molecule has 0 aliphatic rings. The number of nitrogens with one attached hydrogen (secondary N) is 2. The van der Waals surface area contributed by atoms with Gasteiger partial charge >= 0.3 is 12.4 Å². The molecule has 0 fully saturated rings. The van der Waals surface area contributed by atoms with E-state index in [1.807, 2.05) is 0 Å². The maximum absolute atomic E-state index is 12.7.